The number of unbranched alkanes of at least 4 members (excludes halogenated alkanes) is 10. The number of rotatable bonds is 21. The van der Waals surface area contributed by atoms with Gasteiger partial charge in [0.1, 0.15) is 0 Å². The van der Waals surface area contributed by atoms with Crippen LogP contribution in [0.3, 0.4) is 0 Å². The Morgan fingerprint density at radius 2 is 0.762 bits per heavy atom. The van der Waals surface area contributed by atoms with Gasteiger partial charge in [0.15, 0.2) is 0 Å². The van der Waals surface area contributed by atoms with Gasteiger partial charge in [0.2, 0.25) is 0 Å². The van der Waals surface area contributed by atoms with Gasteiger partial charge in [-0.25, -0.2) is 0 Å². The zero-order valence-electron chi connectivity index (χ0n) is 52.1. The topological polar surface area (TPSA) is 6.48 Å². The molecule has 0 aromatic heterocycles. The maximum Gasteiger partial charge on any atom is 0.0520 e. The fourth-order valence-electron chi connectivity index (χ4n) is 13.8. The van der Waals surface area contributed by atoms with E-state index in [0.29, 0.717) is 0 Å². The minimum absolute atomic E-state index is 0.0193. The molecule has 0 heterocycles. The summed E-state index contributed by atoms with van der Waals surface area (Å²) in [7, 11) is 0. The zero-order valence-corrected chi connectivity index (χ0v) is 52.1. The van der Waals surface area contributed by atoms with E-state index in [0.717, 1.165) is 22.7 Å². The summed E-state index contributed by atoms with van der Waals surface area (Å²) in [5, 5.41) is 2.75. The maximum atomic E-state index is 2.59. The normalized spacial score (nSPS) is 13.0. The van der Waals surface area contributed by atoms with Crippen molar-refractivity contribution in [2.45, 2.75) is 210 Å². The van der Waals surface area contributed by atoms with Gasteiger partial charge in [-0.05, 0) is 204 Å². The second-order valence-electron chi connectivity index (χ2n) is 26.4. The molecular weight excluding hydrogens is 965 g/mol. The predicted molar refractivity (Wildman–Crippen MR) is 352 cm³/mol. The van der Waals surface area contributed by atoms with Crippen LogP contribution in [0.2, 0.25) is 0 Å². The summed E-state index contributed by atoms with van der Waals surface area (Å²) in [5.74, 6) is 0. The van der Waals surface area contributed by atoms with Gasteiger partial charge in [-0.3, -0.25) is 0 Å². The van der Waals surface area contributed by atoms with Crippen molar-refractivity contribution in [1.29, 1.82) is 0 Å². The number of anilines is 6. The fourth-order valence-corrected chi connectivity index (χ4v) is 13.8. The second kappa shape index (κ2) is 24.4. The van der Waals surface area contributed by atoms with Crippen LogP contribution in [0, 0.1) is 48.5 Å². The first-order valence-corrected chi connectivity index (χ1v) is 31.1. The standard InChI is InChI=1S/C78H96N2/c1-16-18-20-22-24-28-46-78(47-29-25-23-21-19-17-2)70-48-54(4)34-45-69(70)72-68-31-27-26-30-67(68)71(59(9)73(72)78)60-35-39-64(40-36-60)80(75-57(7)51-62(52-58(75)8)77(13,14)15)66-43-41-65(42-44-66)79(63-37-32-53(3)33-38-63)74-55(5)49-61(50-56(74)6)76(10,11)12/h26-27,30-45,48-52H,16-25,28-29,46-47H2,1-15H3. The molecule has 0 bridgehead atoms. The van der Waals surface area contributed by atoms with Gasteiger partial charge in [0, 0.05) is 28.2 Å². The minimum atomic E-state index is -0.0193. The lowest BCUT2D eigenvalue weighted by atomic mass is 9.68. The Balaban J connectivity index is 1.19. The van der Waals surface area contributed by atoms with Crippen LogP contribution in [0.25, 0.3) is 33.0 Å². The lowest BCUT2D eigenvalue weighted by Crippen LogP contribution is -2.27. The van der Waals surface area contributed by atoms with E-state index in [2.05, 4.69) is 253 Å². The zero-order chi connectivity index (χ0) is 57.1. The lowest BCUT2D eigenvalue weighted by Gasteiger charge is -2.35. The largest absolute Gasteiger partial charge is 0.310 e. The number of fused-ring (bicyclic) bond motifs is 5. The Bertz CT molecular complexity index is 3360. The van der Waals surface area contributed by atoms with Crippen molar-refractivity contribution in [3.8, 4) is 22.3 Å². The van der Waals surface area contributed by atoms with Crippen molar-refractivity contribution in [2.75, 3.05) is 9.80 Å². The number of benzene rings is 8. The second-order valence-corrected chi connectivity index (χ2v) is 26.4. The molecule has 0 spiro atoms. The summed E-state index contributed by atoms with van der Waals surface area (Å²) >= 11 is 0. The quantitative estimate of drug-likeness (QED) is 0.0662. The number of aryl methyl sites for hydroxylation is 6. The van der Waals surface area contributed by atoms with Gasteiger partial charge in [0.25, 0.3) is 0 Å². The molecule has 8 aromatic carbocycles. The molecule has 2 heteroatoms. The maximum absolute atomic E-state index is 2.59. The first kappa shape index (κ1) is 58.3. The molecule has 0 radical (unpaired) electrons. The van der Waals surface area contributed by atoms with Gasteiger partial charge >= 0.3 is 0 Å². The van der Waals surface area contributed by atoms with Crippen LogP contribution < -0.4 is 9.80 Å². The molecule has 2 nitrogen and oxygen atoms in total. The molecular formula is C78H96N2. The van der Waals surface area contributed by atoms with Gasteiger partial charge in [-0.15, -0.1) is 0 Å². The summed E-state index contributed by atoms with van der Waals surface area (Å²) in [5.41, 5.74) is 27.9. The van der Waals surface area contributed by atoms with E-state index in [9.17, 15) is 0 Å². The van der Waals surface area contributed by atoms with E-state index >= 15 is 0 Å². The number of hydrogen-bond acceptors (Lipinski definition) is 2. The highest BCUT2D eigenvalue weighted by atomic mass is 15.2. The highest BCUT2D eigenvalue weighted by Crippen LogP contribution is 2.59. The molecule has 0 atom stereocenters. The average molecular weight is 1060 g/mol. The van der Waals surface area contributed by atoms with E-state index in [1.165, 1.54) is 184 Å². The van der Waals surface area contributed by atoms with Crippen molar-refractivity contribution in [1.82, 2.24) is 0 Å². The lowest BCUT2D eigenvalue weighted by molar-refractivity contribution is 0.396. The molecule has 0 amide bonds. The molecule has 1 aliphatic rings. The third-order valence-electron chi connectivity index (χ3n) is 18.1. The molecule has 0 N–H and O–H groups in total. The van der Waals surface area contributed by atoms with Crippen molar-refractivity contribution in [2.24, 2.45) is 0 Å². The molecule has 8 aromatic rings. The summed E-state index contributed by atoms with van der Waals surface area (Å²) < 4.78 is 0. The summed E-state index contributed by atoms with van der Waals surface area (Å²) in [6.45, 7) is 34.7. The Morgan fingerprint density at radius 3 is 1.19 bits per heavy atom. The smallest absolute Gasteiger partial charge is 0.0520 e. The van der Waals surface area contributed by atoms with E-state index in [1.54, 1.807) is 11.1 Å². The van der Waals surface area contributed by atoms with Gasteiger partial charge in [-0.1, -0.05) is 235 Å². The summed E-state index contributed by atoms with van der Waals surface area (Å²) in [4.78, 5) is 4.99. The number of nitrogens with zero attached hydrogens (tertiary/aromatic N) is 2. The number of hydrogen-bond donors (Lipinski definition) is 0. The average Bonchev–Trinajstić information content (AvgIpc) is 3.85. The molecule has 0 fully saturated rings. The molecule has 0 saturated heterocycles. The first-order valence-electron chi connectivity index (χ1n) is 31.1. The highest BCUT2D eigenvalue weighted by molar-refractivity contribution is 6.10. The molecule has 418 valence electrons. The van der Waals surface area contributed by atoms with Gasteiger partial charge < -0.3 is 9.80 Å². The minimum Gasteiger partial charge on any atom is -0.310 e. The van der Waals surface area contributed by atoms with E-state index < -0.39 is 0 Å². The SMILES string of the molecule is CCCCCCCCC1(CCCCCCCC)c2cc(C)ccc2-c2c1c(C)c(-c1ccc(N(c3ccc(N(c4ccc(C)cc4)c4c(C)cc(C(C)(C)C)cc4C)cc3)c3c(C)cc(C(C)(C)C)cc3C)cc1)c1ccccc21. The predicted octanol–water partition coefficient (Wildman–Crippen LogP) is 24.0. The third kappa shape index (κ3) is 11.8. The molecule has 9 rings (SSSR count). The van der Waals surface area contributed by atoms with Crippen LogP contribution in [0.1, 0.15) is 206 Å². The van der Waals surface area contributed by atoms with Crippen LogP contribution >= 0.6 is 0 Å². The van der Waals surface area contributed by atoms with E-state index in [1.807, 2.05) is 0 Å². The van der Waals surface area contributed by atoms with Crippen LogP contribution in [-0.2, 0) is 16.2 Å². The van der Waals surface area contributed by atoms with E-state index in [4.69, 9.17) is 0 Å². The Labute approximate surface area is 485 Å². The van der Waals surface area contributed by atoms with Gasteiger partial charge in [-0.2, -0.15) is 0 Å². The van der Waals surface area contributed by atoms with Crippen LogP contribution in [-0.4, -0.2) is 0 Å². The summed E-state index contributed by atoms with van der Waals surface area (Å²) in [6, 6.07) is 54.5. The Hall–Kier alpha value is -6.38. The highest BCUT2D eigenvalue weighted by Gasteiger charge is 2.45. The van der Waals surface area contributed by atoms with Crippen LogP contribution in [0.15, 0.2) is 140 Å². The molecule has 0 unspecified atom stereocenters. The van der Waals surface area contributed by atoms with Gasteiger partial charge in [0.05, 0.1) is 11.4 Å². The Kier molecular flexibility index (Phi) is 17.8. The fraction of sp³-hybridized carbons (Fsp3) is 0.410. The van der Waals surface area contributed by atoms with Crippen LogP contribution in [0.4, 0.5) is 34.1 Å². The molecule has 0 aliphatic heterocycles. The van der Waals surface area contributed by atoms with Crippen molar-refractivity contribution >= 4 is 44.9 Å². The summed E-state index contributed by atoms with van der Waals surface area (Å²) in [6.07, 6.45) is 18.2. The monoisotopic (exact) mass is 1060 g/mol. The molecule has 80 heavy (non-hydrogen) atoms. The van der Waals surface area contributed by atoms with E-state index in [-0.39, 0.29) is 16.2 Å². The third-order valence-corrected chi connectivity index (χ3v) is 18.1. The van der Waals surface area contributed by atoms with Crippen molar-refractivity contribution in [3.05, 3.63) is 201 Å². The first-order chi connectivity index (χ1) is 38.3. The van der Waals surface area contributed by atoms with Crippen molar-refractivity contribution < 1.29 is 0 Å². The van der Waals surface area contributed by atoms with Crippen LogP contribution in [0.5, 0.6) is 0 Å². The molecule has 0 saturated carbocycles. The molecule has 1 aliphatic carbocycles. The Morgan fingerprint density at radius 1 is 0.388 bits per heavy atom. The van der Waals surface area contributed by atoms with Crippen molar-refractivity contribution in [3.63, 3.8) is 0 Å².